The number of carbonyl (C=O) groups excluding carboxylic acids is 1. The average molecular weight is 372 g/mol. The first-order chi connectivity index (χ1) is 9.82. The molecular formula is C13H27Cl2N5O3. The third-order valence-corrected chi connectivity index (χ3v) is 3.72. The minimum atomic E-state index is -0.970. The Bertz CT molecular complexity index is 418. The molecule has 1 aliphatic heterocycles. The highest BCUT2D eigenvalue weighted by atomic mass is 35.5. The van der Waals surface area contributed by atoms with Crippen LogP contribution in [0.15, 0.2) is 4.99 Å². The Balaban J connectivity index is 0. The molecule has 0 aliphatic carbocycles. The summed E-state index contributed by atoms with van der Waals surface area (Å²) in [7, 11) is 0. The van der Waals surface area contributed by atoms with E-state index in [1.54, 1.807) is 0 Å². The summed E-state index contributed by atoms with van der Waals surface area (Å²) in [4.78, 5) is 28.8. The maximum atomic E-state index is 12.3. The van der Waals surface area contributed by atoms with E-state index in [0.29, 0.717) is 38.3 Å². The Labute approximate surface area is 148 Å². The van der Waals surface area contributed by atoms with Gasteiger partial charge in [-0.1, -0.05) is 6.92 Å². The third kappa shape index (κ3) is 7.71. The van der Waals surface area contributed by atoms with Crippen LogP contribution in [0.3, 0.4) is 0 Å². The Kier molecular flexibility index (Phi) is 11.8. The van der Waals surface area contributed by atoms with E-state index in [4.69, 9.17) is 17.2 Å². The molecule has 1 amide bonds. The molecule has 0 aromatic heterocycles. The number of hydrogen-bond donors (Lipinski definition) is 4. The van der Waals surface area contributed by atoms with Crippen molar-refractivity contribution in [3.05, 3.63) is 0 Å². The molecule has 1 aliphatic rings. The van der Waals surface area contributed by atoms with Crippen molar-refractivity contribution < 1.29 is 14.7 Å². The van der Waals surface area contributed by atoms with Crippen LogP contribution in [0.2, 0.25) is 0 Å². The largest absolute Gasteiger partial charge is 0.480 e. The predicted molar refractivity (Wildman–Crippen MR) is 93.9 cm³/mol. The zero-order chi connectivity index (χ0) is 16.0. The Hall–Kier alpha value is -1.25. The SMILES string of the molecule is C[C@@H]1CCN(C(=O)[C@@H](N)CCCN=C(N)N)[C@@H](C(=O)O)C1.Cl.Cl. The summed E-state index contributed by atoms with van der Waals surface area (Å²) in [5.41, 5.74) is 16.3. The van der Waals surface area contributed by atoms with E-state index < -0.39 is 18.1 Å². The van der Waals surface area contributed by atoms with E-state index in [1.165, 1.54) is 4.90 Å². The maximum absolute atomic E-state index is 12.3. The highest BCUT2D eigenvalue weighted by molar-refractivity contribution is 5.87. The first-order valence-corrected chi connectivity index (χ1v) is 7.17. The smallest absolute Gasteiger partial charge is 0.326 e. The molecule has 0 saturated carbocycles. The summed E-state index contributed by atoms with van der Waals surface area (Å²) < 4.78 is 0. The van der Waals surface area contributed by atoms with Crippen LogP contribution < -0.4 is 17.2 Å². The molecule has 3 atom stereocenters. The van der Waals surface area contributed by atoms with E-state index in [-0.39, 0.29) is 36.7 Å². The number of piperidine rings is 1. The van der Waals surface area contributed by atoms with Gasteiger partial charge in [-0.3, -0.25) is 9.79 Å². The van der Waals surface area contributed by atoms with Gasteiger partial charge in [-0.15, -0.1) is 24.8 Å². The lowest BCUT2D eigenvalue weighted by atomic mass is 9.91. The number of carbonyl (C=O) groups is 2. The van der Waals surface area contributed by atoms with Crippen molar-refractivity contribution >= 4 is 42.7 Å². The van der Waals surface area contributed by atoms with E-state index in [2.05, 4.69) is 4.99 Å². The van der Waals surface area contributed by atoms with Gasteiger partial charge in [0.25, 0.3) is 0 Å². The molecule has 136 valence electrons. The van der Waals surface area contributed by atoms with Crippen LogP contribution >= 0.6 is 24.8 Å². The number of carboxylic acids is 1. The second-order valence-corrected chi connectivity index (χ2v) is 5.57. The fraction of sp³-hybridized carbons (Fsp3) is 0.769. The van der Waals surface area contributed by atoms with Crippen molar-refractivity contribution in [2.45, 2.75) is 44.7 Å². The maximum Gasteiger partial charge on any atom is 0.326 e. The molecule has 1 heterocycles. The van der Waals surface area contributed by atoms with E-state index in [9.17, 15) is 14.7 Å². The summed E-state index contributed by atoms with van der Waals surface area (Å²) in [5, 5.41) is 9.25. The van der Waals surface area contributed by atoms with E-state index >= 15 is 0 Å². The fourth-order valence-corrected chi connectivity index (χ4v) is 2.50. The summed E-state index contributed by atoms with van der Waals surface area (Å²) in [5.74, 6) is -0.972. The number of carboxylic acid groups (broad SMARTS) is 1. The number of amides is 1. The van der Waals surface area contributed by atoms with Crippen molar-refractivity contribution in [1.82, 2.24) is 4.90 Å². The predicted octanol–water partition coefficient (Wildman–Crippen LogP) is -0.0774. The fourth-order valence-electron chi connectivity index (χ4n) is 2.50. The van der Waals surface area contributed by atoms with Crippen molar-refractivity contribution in [1.29, 1.82) is 0 Å². The van der Waals surface area contributed by atoms with Crippen molar-refractivity contribution in [3.8, 4) is 0 Å². The second-order valence-electron chi connectivity index (χ2n) is 5.57. The van der Waals surface area contributed by atoms with Gasteiger partial charge >= 0.3 is 5.97 Å². The quantitative estimate of drug-likeness (QED) is 0.291. The van der Waals surface area contributed by atoms with Gasteiger partial charge in [-0.2, -0.15) is 0 Å². The highest BCUT2D eigenvalue weighted by Gasteiger charge is 2.36. The molecule has 1 rings (SSSR count). The van der Waals surface area contributed by atoms with Crippen LogP contribution in [-0.2, 0) is 9.59 Å². The minimum Gasteiger partial charge on any atom is -0.480 e. The Morgan fingerprint density at radius 1 is 1.35 bits per heavy atom. The Morgan fingerprint density at radius 2 is 1.96 bits per heavy atom. The van der Waals surface area contributed by atoms with Crippen molar-refractivity contribution in [3.63, 3.8) is 0 Å². The minimum absolute atomic E-state index is 0. The molecule has 10 heteroatoms. The molecule has 0 radical (unpaired) electrons. The van der Waals surface area contributed by atoms with E-state index in [1.807, 2.05) is 6.92 Å². The van der Waals surface area contributed by atoms with Gasteiger partial charge in [0.1, 0.15) is 6.04 Å². The lowest BCUT2D eigenvalue weighted by molar-refractivity contribution is -0.153. The number of guanidine groups is 1. The van der Waals surface area contributed by atoms with Gasteiger partial charge < -0.3 is 27.2 Å². The van der Waals surface area contributed by atoms with Crippen LogP contribution in [0.1, 0.15) is 32.6 Å². The number of aliphatic carboxylic acids is 1. The molecule has 0 unspecified atom stereocenters. The Morgan fingerprint density at radius 3 is 2.48 bits per heavy atom. The average Bonchev–Trinajstić information content (AvgIpc) is 2.42. The van der Waals surface area contributed by atoms with Crippen LogP contribution in [0, 0.1) is 5.92 Å². The molecule has 1 fully saturated rings. The monoisotopic (exact) mass is 371 g/mol. The van der Waals surface area contributed by atoms with Crippen LogP contribution in [0.4, 0.5) is 0 Å². The zero-order valence-electron chi connectivity index (χ0n) is 13.2. The molecule has 23 heavy (non-hydrogen) atoms. The summed E-state index contributed by atoms with van der Waals surface area (Å²) in [6, 6.07) is -1.49. The third-order valence-electron chi connectivity index (χ3n) is 3.72. The second kappa shape index (κ2) is 11.3. The highest BCUT2D eigenvalue weighted by Crippen LogP contribution is 2.23. The van der Waals surface area contributed by atoms with Gasteiger partial charge in [0.05, 0.1) is 6.04 Å². The van der Waals surface area contributed by atoms with Gasteiger partial charge in [0, 0.05) is 13.1 Å². The number of rotatable bonds is 6. The first kappa shape index (κ1) is 24.0. The zero-order valence-corrected chi connectivity index (χ0v) is 14.8. The van der Waals surface area contributed by atoms with Gasteiger partial charge in [0.15, 0.2) is 5.96 Å². The first-order valence-electron chi connectivity index (χ1n) is 7.17. The van der Waals surface area contributed by atoms with Crippen LogP contribution in [0.5, 0.6) is 0 Å². The number of halogens is 2. The number of nitrogens with zero attached hydrogens (tertiary/aromatic N) is 2. The standard InChI is InChI=1S/C13H25N5O3.2ClH/c1-8-4-6-18(10(7-8)12(20)21)11(19)9(14)3-2-5-17-13(15)16;;/h8-10H,2-7,14H2,1H3,(H,20,21)(H4,15,16,17);2*1H/t8-,9+,10-;;/m1../s1. The van der Waals surface area contributed by atoms with Crippen LogP contribution in [-0.4, -0.2) is 53.0 Å². The molecule has 7 N–H and O–H groups in total. The molecule has 0 bridgehead atoms. The van der Waals surface area contributed by atoms with Gasteiger partial charge in [-0.25, -0.2) is 4.79 Å². The molecule has 0 aromatic rings. The lowest BCUT2D eigenvalue weighted by Crippen LogP contribution is -2.54. The topological polar surface area (TPSA) is 148 Å². The number of nitrogens with two attached hydrogens (primary N) is 3. The number of likely N-dealkylation sites (tertiary alicyclic amines) is 1. The van der Waals surface area contributed by atoms with E-state index in [0.717, 1.165) is 6.42 Å². The number of hydrogen-bond acceptors (Lipinski definition) is 4. The van der Waals surface area contributed by atoms with Crippen molar-refractivity contribution in [2.24, 2.45) is 28.1 Å². The summed E-state index contributed by atoms with van der Waals surface area (Å²) in [6.07, 6.45) is 2.28. The van der Waals surface area contributed by atoms with Gasteiger partial charge in [0.2, 0.25) is 5.91 Å². The lowest BCUT2D eigenvalue weighted by Gasteiger charge is -2.37. The van der Waals surface area contributed by atoms with Gasteiger partial charge in [-0.05, 0) is 31.6 Å². The molecule has 0 aromatic carbocycles. The number of aliphatic imine (C=N–C) groups is 1. The summed E-state index contributed by atoms with van der Waals surface area (Å²) in [6.45, 7) is 2.84. The summed E-state index contributed by atoms with van der Waals surface area (Å²) >= 11 is 0. The molecule has 0 spiro atoms. The normalized spacial score (nSPS) is 21.4. The molecule has 8 nitrogen and oxygen atoms in total. The van der Waals surface area contributed by atoms with Crippen molar-refractivity contribution in [2.75, 3.05) is 13.1 Å². The molecular weight excluding hydrogens is 345 g/mol. The van der Waals surface area contributed by atoms with Crippen LogP contribution in [0.25, 0.3) is 0 Å². The molecule has 1 saturated heterocycles.